The van der Waals surface area contributed by atoms with Crippen LogP contribution in [0, 0.1) is 18.3 Å². The van der Waals surface area contributed by atoms with Crippen molar-refractivity contribution in [3.63, 3.8) is 0 Å². The number of rotatable bonds is 6. The molecular formula is C15H17N5O. The summed E-state index contributed by atoms with van der Waals surface area (Å²) in [5, 5.41) is 15.2. The zero-order valence-electron chi connectivity index (χ0n) is 12.1. The van der Waals surface area contributed by atoms with Crippen LogP contribution in [0.1, 0.15) is 11.3 Å². The summed E-state index contributed by atoms with van der Waals surface area (Å²) in [6.45, 7) is 3.13. The number of anilines is 3. The molecule has 0 atom stereocenters. The number of hydrogen-bond acceptors (Lipinski definition) is 6. The van der Waals surface area contributed by atoms with Gasteiger partial charge >= 0.3 is 0 Å². The zero-order chi connectivity index (χ0) is 15.1. The monoisotopic (exact) mass is 283 g/mol. The molecule has 2 rings (SSSR count). The van der Waals surface area contributed by atoms with Crippen molar-refractivity contribution >= 4 is 17.5 Å². The molecule has 6 heteroatoms. The molecule has 0 aliphatic rings. The highest BCUT2D eigenvalue weighted by Crippen LogP contribution is 2.17. The second-order valence-corrected chi connectivity index (χ2v) is 4.46. The van der Waals surface area contributed by atoms with Gasteiger partial charge in [0, 0.05) is 31.1 Å². The molecule has 0 saturated carbocycles. The second-order valence-electron chi connectivity index (χ2n) is 4.46. The molecule has 0 aliphatic carbocycles. The quantitative estimate of drug-likeness (QED) is 0.792. The van der Waals surface area contributed by atoms with Gasteiger partial charge in [-0.05, 0) is 25.1 Å². The van der Waals surface area contributed by atoms with E-state index >= 15 is 0 Å². The van der Waals surface area contributed by atoms with Crippen molar-refractivity contribution in [1.82, 2.24) is 9.97 Å². The minimum atomic E-state index is 0.547. The Balaban J connectivity index is 2.13. The summed E-state index contributed by atoms with van der Waals surface area (Å²) in [7, 11) is 1.65. The molecule has 0 unspecified atom stereocenters. The molecule has 21 heavy (non-hydrogen) atoms. The maximum atomic E-state index is 8.91. The van der Waals surface area contributed by atoms with E-state index in [0.717, 1.165) is 11.4 Å². The molecule has 2 N–H and O–H groups in total. The minimum Gasteiger partial charge on any atom is -0.383 e. The Morgan fingerprint density at radius 3 is 2.90 bits per heavy atom. The number of methoxy groups -OCH3 is 1. The predicted octanol–water partition coefficient (Wildman–Crippen LogP) is 2.46. The lowest BCUT2D eigenvalue weighted by Gasteiger charge is -2.10. The molecule has 0 amide bonds. The number of nitriles is 1. The largest absolute Gasteiger partial charge is 0.383 e. The first-order valence-electron chi connectivity index (χ1n) is 6.57. The SMILES string of the molecule is COCCNc1nc(C)cc(Nc2cccc(C#N)c2)n1. The van der Waals surface area contributed by atoms with Crippen molar-refractivity contribution in [2.75, 3.05) is 30.9 Å². The molecular weight excluding hydrogens is 266 g/mol. The number of aromatic nitrogens is 2. The zero-order valence-corrected chi connectivity index (χ0v) is 12.1. The fraction of sp³-hybridized carbons (Fsp3) is 0.267. The Kier molecular flexibility index (Phi) is 5.07. The van der Waals surface area contributed by atoms with Crippen molar-refractivity contribution in [1.29, 1.82) is 5.26 Å². The normalized spacial score (nSPS) is 9.95. The Hall–Kier alpha value is -2.65. The van der Waals surface area contributed by atoms with Crippen LogP contribution in [-0.2, 0) is 4.74 Å². The number of nitrogens with one attached hydrogen (secondary N) is 2. The average molecular weight is 283 g/mol. The Morgan fingerprint density at radius 1 is 1.29 bits per heavy atom. The topological polar surface area (TPSA) is 82.9 Å². The van der Waals surface area contributed by atoms with Gasteiger partial charge in [-0.3, -0.25) is 0 Å². The van der Waals surface area contributed by atoms with Crippen molar-refractivity contribution < 1.29 is 4.74 Å². The molecule has 0 bridgehead atoms. The highest BCUT2D eigenvalue weighted by molar-refractivity contribution is 5.59. The van der Waals surface area contributed by atoms with Gasteiger partial charge in [0.15, 0.2) is 0 Å². The van der Waals surface area contributed by atoms with Gasteiger partial charge in [0.05, 0.1) is 18.2 Å². The molecule has 0 spiro atoms. The second kappa shape index (κ2) is 7.22. The lowest BCUT2D eigenvalue weighted by atomic mass is 10.2. The van der Waals surface area contributed by atoms with Crippen molar-refractivity contribution in [3.05, 3.63) is 41.6 Å². The Bertz CT molecular complexity index is 651. The van der Waals surface area contributed by atoms with Gasteiger partial charge in [0.2, 0.25) is 5.95 Å². The summed E-state index contributed by atoms with van der Waals surface area (Å²) >= 11 is 0. The van der Waals surface area contributed by atoms with Gasteiger partial charge < -0.3 is 15.4 Å². The van der Waals surface area contributed by atoms with E-state index in [1.54, 1.807) is 19.2 Å². The van der Waals surface area contributed by atoms with Crippen LogP contribution in [0.2, 0.25) is 0 Å². The van der Waals surface area contributed by atoms with Gasteiger partial charge in [0.1, 0.15) is 5.82 Å². The maximum Gasteiger partial charge on any atom is 0.224 e. The van der Waals surface area contributed by atoms with Crippen LogP contribution < -0.4 is 10.6 Å². The fourth-order valence-corrected chi connectivity index (χ4v) is 1.79. The molecule has 1 aromatic heterocycles. The van der Waals surface area contributed by atoms with Crippen LogP contribution in [0.4, 0.5) is 17.5 Å². The summed E-state index contributed by atoms with van der Waals surface area (Å²) in [5.41, 5.74) is 2.27. The van der Waals surface area contributed by atoms with Crippen LogP contribution in [-0.4, -0.2) is 30.2 Å². The molecule has 1 heterocycles. The molecule has 0 aliphatic heterocycles. The van der Waals surface area contributed by atoms with E-state index < -0.39 is 0 Å². The van der Waals surface area contributed by atoms with Crippen LogP contribution in [0.15, 0.2) is 30.3 Å². The van der Waals surface area contributed by atoms with Crippen LogP contribution in [0.5, 0.6) is 0 Å². The smallest absolute Gasteiger partial charge is 0.224 e. The summed E-state index contributed by atoms with van der Waals surface area (Å²) in [5.74, 6) is 1.23. The van der Waals surface area contributed by atoms with E-state index in [9.17, 15) is 0 Å². The van der Waals surface area contributed by atoms with Gasteiger partial charge in [-0.1, -0.05) is 6.07 Å². The average Bonchev–Trinajstić information content (AvgIpc) is 2.47. The number of nitrogens with zero attached hydrogens (tertiary/aromatic N) is 3. The van der Waals surface area contributed by atoms with Crippen LogP contribution in [0.3, 0.4) is 0 Å². The first kappa shape index (κ1) is 14.8. The van der Waals surface area contributed by atoms with Gasteiger partial charge in [-0.25, -0.2) is 4.98 Å². The Labute approximate surface area is 123 Å². The van der Waals surface area contributed by atoms with E-state index in [2.05, 4.69) is 26.7 Å². The number of hydrogen-bond donors (Lipinski definition) is 2. The summed E-state index contributed by atoms with van der Waals surface area (Å²) in [6.07, 6.45) is 0. The molecule has 0 radical (unpaired) electrons. The van der Waals surface area contributed by atoms with Gasteiger partial charge in [-0.15, -0.1) is 0 Å². The summed E-state index contributed by atoms with van der Waals surface area (Å²) in [6, 6.07) is 11.2. The maximum absolute atomic E-state index is 8.91. The van der Waals surface area contributed by atoms with Crippen molar-refractivity contribution in [3.8, 4) is 6.07 Å². The minimum absolute atomic E-state index is 0.547. The highest BCUT2D eigenvalue weighted by Gasteiger charge is 2.03. The van der Waals surface area contributed by atoms with Gasteiger partial charge in [0.25, 0.3) is 0 Å². The number of aryl methyl sites for hydroxylation is 1. The molecule has 0 fully saturated rings. The molecule has 0 saturated heterocycles. The third kappa shape index (κ3) is 4.44. The van der Waals surface area contributed by atoms with Crippen molar-refractivity contribution in [2.45, 2.75) is 6.92 Å². The lowest BCUT2D eigenvalue weighted by Crippen LogP contribution is -2.11. The predicted molar refractivity (Wildman–Crippen MR) is 81.6 cm³/mol. The van der Waals surface area contributed by atoms with E-state index in [4.69, 9.17) is 10.00 Å². The lowest BCUT2D eigenvalue weighted by molar-refractivity contribution is 0.210. The van der Waals surface area contributed by atoms with Gasteiger partial charge in [-0.2, -0.15) is 10.2 Å². The van der Waals surface area contributed by atoms with E-state index in [-0.39, 0.29) is 0 Å². The number of ether oxygens (including phenoxy) is 1. The van der Waals surface area contributed by atoms with E-state index in [1.807, 2.05) is 25.1 Å². The Morgan fingerprint density at radius 2 is 2.14 bits per heavy atom. The molecule has 108 valence electrons. The van der Waals surface area contributed by atoms with Crippen LogP contribution >= 0.6 is 0 Å². The third-order valence-corrected chi connectivity index (χ3v) is 2.71. The molecule has 1 aromatic carbocycles. The molecule has 2 aromatic rings. The third-order valence-electron chi connectivity index (χ3n) is 2.71. The molecule has 6 nitrogen and oxygen atoms in total. The highest BCUT2D eigenvalue weighted by atomic mass is 16.5. The van der Waals surface area contributed by atoms with Crippen LogP contribution in [0.25, 0.3) is 0 Å². The standard InChI is InChI=1S/C15H17N5O/c1-11-8-14(20-15(18-11)17-6-7-21-2)19-13-5-3-4-12(9-13)10-16/h3-5,8-9H,6-7H2,1-2H3,(H2,17,18,19,20). The first-order valence-corrected chi connectivity index (χ1v) is 6.57. The summed E-state index contributed by atoms with van der Waals surface area (Å²) < 4.78 is 4.98. The van der Waals surface area contributed by atoms with Crippen molar-refractivity contribution in [2.24, 2.45) is 0 Å². The van der Waals surface area contributed by atoms with E-state index in [1.165, 1.54) is 0 Å². The summed E-state index contributed by atoms with van der Waals surface area (Å²) in [4.78, 5) is 8.70. The van der Waals surface area contributed by atoms with E-state index in [0.29, 0.717) is 30.5 Å². The number of benzene rings is 1. The first-order chi connectivity index (χ1) is 10.2. The fourth-order valence-electron chi connectivity index (χ4n) is 1.79.